The highest BCUT2D eigenvalue weighted by Gasteiger charge is 2.16. The molecule has 112 valence electrons. The number of rotatable bonds is 4. The van der Waals surface area contributed by atoms with Crippen molar-refractivity contribution in [1.82, 2.24) is 5.32 Å². The molecule has 0 heterocycles. The van der Waals surface area contributed by atoms with E-state index in [0.29, 0.717) is 4.47 Å². The lowest BCUT2D eigenvalue weighted by molar-refractivity contribution is 0.0520. The zero-order valence-electron chi connectivity index (χ0n) is 11.4. The van der Waals surface area contributed by atoms with E-state index >= 15 is 0 Å². The minimum Gasteiger partial charge on any atom is -0.487 e. The fourth-order valence-corrected chi connectivity index (χ4v) is 2.17. The third kappa shape index (κ3) is 5.96. The summed E-state index contributed by atoms with van der Waals surface area (Å²) in [7, 11) is 0. The summed E-state index contributed by atoms with van der Waals surface area (Å²) in [6.45, 7) is 5.61. The van der Waals surface area contributed by atoms with Gasteiger partial charge >= 0.3 is 6.09 Å². The Kier molecular flexibility index (Phi) is 6.07. The molecule has 0 fully saturated rings. The molecule has 0 aliphatic carbocycles. The molecule has 0 aliphatic heterocycles. The van der Waals surface area contributed by atoms with Crippen LogP contribution in [0.2, 0.25) is 5.02 Å². The van der Waals surface area contributed by atoms with Crippen molar-refractivity contribution in [3.63, 3.8) is 0 Å². The number of benzene rings is 1. The molecular weight excluding hydrogens is 353 g/mol. The van der Waals surface area contributed by atoms with Gasteiger partial charge in [0.1, 0.15) is 12.2 Å². The quantitative estimate of drug-likeness (QED) is 0.812. The molecule has 1 aromatic rings. The van der Waals surface area contributed by atoms with Gasteiger partial charge in [-0.15, -0.1) is 0 Å². The second-order valence-electron chi connectivity index (χ2n) is 4.98. The maximum Gasteiger partial charge on any atom is 0.407 e. The molecule has 1 N–H and O–H groups in total. The second kappa shape index (κ2) is 7.13. The Morgan fingerprint density at radius 2 is 2.10 bits per heavy atom. The van der Waals surface area contributed by atoms with Crippen LogP contribution in [0.15, 0.2) is 16.6 Å². The van der Waals surface area contributed by atoms with Crippen molar-refractivity contribution >= 4 is 33.6 Å². The summed E-state index contributed by atoms with van der Waals surface area (Å²) in [5, 5.41) is 2.78. The van der Waals surface area contributed by atoms with Gasteiger partial charge in [0, 0.05) is 5.02 Å². The lowest BCUT2D eigenvalue weighted by Gasteiger charge is -2.19. The maximum absolute atomic E-state index is 13.6. The van der Waals surface area contributed by atoms with Crippen LogP contribution in [0.4, 0.5) is 9.18 Å². The summed E-state index contributed by atoms with van der Waals surface area (Å²) in [5.74, 6) is -0.512. The predicted molar refractivity (Wildman–Crippen MR) is 78.8 cm³/mol. The van der Waals surface area contributed by atoms with Crippen molar-refractivity contribution in [3.8, 4) is 5.75 Å². The number of hydrogen-bond acceptors (Lipinski definition) is 3. The SMILES string of the molecule is CC(C)(C)OC(=O)NCCOc1c(F)cc(Cl)cc1Br. The molecule has 4 nitrogen and oxygen atoms in total. The Morgan fingerprint density at radius 1 is 1.45 bits per heavy atom. The van der Waals surface area contributed by atoms with Gasteiger partial charge in [0.25, 0.3) is 0 Å². The number of carbonyl (C=O) groups is 1. The van der Waals surface area contributed by atoms with E-state index in [1.165, 1.54) is 6.07 Å². The summed E-state index contributed by atoms with van der Waals surface area (Å²) in [6.07, 6.45) is -0.545. The normalized spacial score (nSPS) is 11.1. The highest BCUT2D eigenvalue weighted by Crippen LogP contribution is 2.31. The number of hydrogen-bond donors (Lipinski definition) is 1. The first-order valence-corrected chi connectivity index (χ1v) is 7.10. The first-order chi connectivity index (χ1) is 9.19. The van der Waals surface area contributed by atoms with E-state index in [0.717, 1.165) is 6.07 Å². The van der Waals surface area contributed by atoms with Crippen molar-refractivity contribution < 1.29 is 18.7 Å². The molecule has 0 spiro atoms. The van der Waals surface area contributed by atoms with Gasteiger partial charge < -0.3 is 14.8 Å². The Hall–Kier alpha value is -1.01. The van der Waals surface area contributed by atoms with E-state index in [4.69, 9.17) is 21.1 Å². The van der Waals surface area contributed by atoms with E-state index in [2.05, 4.69) is 21.2 Å². The van der Waals surface area contributed by atoms with Gasteiger partial charge in [-0.3, -0.25) is 0 Å². The largest absolute Gasteiger partial charge is 0.487 e. The minimum atomic E-state index is -0.568. The minimum absolute atomic E-state index is 0.0559. The highest BCUT2D eigenvalue weighted by molar-refractivity contribution is 9.10. The number of carbonyl (C=O) groups excluding carboxylic acids is 1. The molecule has 7 heteroatoms. The highest BCUT2D eigenvalue weighted by atomic mass is 79.9. The number of alkyl carbamates (subject to hydrolysis) is 1. The first-order valence-electron chi connectivity index (χ1n) is 5.93. The fourth-order valence-electron chi connectivity index (χ4n) is 1.29. The molecule has 0 bridgehead atoms. The van der Waals surface area contributed by atoms with Gasteiger partial charge in [-0.2, -0.15) is 0 Å². The van der Waals surface area contributed by atoms with Crippen molar-refractivity contribution in [2.75, 3.05) is 13.2 Å². The summed E-state index contributed by atoms with van der Waals surface area (Å²) in [4.78, 5) is 11.4. The number of ether oxygens (including phenoxy) is 2. The van der Waals surface area contributed by atoms with Gasteiger partial charge in [0.05, 0.1) is 11.0 Å². The fraction of sp³-hybridized carbons (Fsp3) is 0.462. The maximum atomic E-state index is 13.6. The molecule has 1 aromatic carbocycles. The topological polar surface area (TPSA) is 47.6 Å². The number of halogens is 3. The van der Waals surface area contributed by atoms with Gasteiger partial charge in [-0.25, -0.2) is 9.18 Å². The molecule has 0 unspecified atom stereocenters. The van der Waals surface area contributed by atoms with Crippen LogP contribution in [0.3, 0.4) is 0 Å². The summed E-state index contributed by atoms with van der Waals surface area (Å²) >= 11 is 8.84. The van der Waals surface area contributed by atoms with Crippen molar-refractivity contribution in [3.05, 3.63) is 27.4 Å². The van der Waals surface area contributed by atoms with Gasteiger partial charge in [-0.1, -0.05) is 11.6 Å². The standard InChI is InChI=1S/C13H16BrClFNO3/c1-13(2,3)20-12(18)17-4-5-19-11-9(14)6-8(15)7-10(11)16/h6-7H,4-5H2,1-3H3,(H,17,18). The summed E-state index contributed by atoms with van der Waals surface area (Å²) in [5.41, 5.74) is -0.559. The van der Waals surface area contributed by atoms with E-state index in [-0.39, 0.29) is 23.9 Å². The molecular formula is C13H16BrClFNO3. The molecule has 20 heavy (non-hydrogen) atoms. The summed E-state index contributed by atoms with van der Waals surface area (Å²) < 4.78 is 24.3. The van der Waals surface area contributed by atoms with Crippen LogP contribution in [0.5, 0.6) is 5.75 Å². The van der Waals surface area contributed by atoms with E-state index in [1.54, 1.807) is 20.8 Å². The Morgan fingerprint density at radius 3 is 2.65 bits per heavy atom. The van der Waals surface area contributed by atoms with E-state index in [1.807, 2.05) is 0 Å². The van der Waals surface area contributed by atoms with Crippen molar-refractivity contribution in [2.45, 2.75) is 26.4 Å². The van der Waals surface area contributed by atoms with Crippen LogP contribution in [0.25, 0.3) is 0 Å². The number of amides is 1. The van der Waals surface area contributed by atoms with Crippen LogP contribution in [-0.4, -0.2) is 24.8 Å². The predicted octanol–water partition coefficient (Wildman–Crippen LogP) is 4.15. The average molecular weight is 369 g/mol. The second-order valence-corrected chi connectivity index (χ2v) is 6.27. The van der Waals surface area contributed by atoms with Crippen molar-refractivity contribution in [1.29, 1.82) is 0 Å². The molecule has 0 radical (unpaired) electrons. The third-order valence-corrected chi connectivity index (χ3v) is 2.79. The smallest absolute Gasteiger partial charge is 0.407 e. The third-order valence-electron chi connectivity index (χ3n) is 1.98. The average Bonchev–Trinajstić information content (AvgIpc) is 2.23. The Balaban J connectivity index is 2.41. The molecule has 0 aromatic heterocycles. The molecule has 1 amide bonds. The zero-order chi connectivity index (χ0) is 15.3. The van der Waals surface area contributed by atoms with Crippen LogP contribution in [-0.2, 0) is 4.74 Å². The van der Waals surface area contributed by atoms with Crippen LogP contribution < -0.4 is 10.1 Å². The molecule has 0 saturated carbocycles. The molecule has 0 atom stereocenters. The Labute approximate surface area is 130 Å². The van der Waals surface area contributed by atoms with Gasteiger partial charge in [0.15, 0.2) is 11.6 Å². The van der Waals surface area contributed by atoms with Crippen molar-refractivity contribution in [2.24, 2.45) is 0 Å². The number of nitrogens with one attached hydrogen (secondary N) is 1. The first kappa shape index (κ1) is 17.0. The monoisotopic (exact) mass is 367 g/mol. The van der Waals surface area contributed by atoms with Crippen LogP contribution in [0, 0.1) is 5.82 Å². The lowest BCUT2D eigenvalue weighted by atomic mass is 10.2. The van der Waals surface area contributed by atoms with Crippen LogP contribution >= 0.6 is 27.5 Å². The lowest BCUT2D eigenvalue weighted by Crippen LogP contribution is -2.34. The molecule has 1 rings (SSSR count). The van der Waals surface area contributed by atoms with E-state index in [9.17, 15) is 9.18 Å². The molecule has 0 aliphatic rings. The zero-order valence-corrected chi connectivity index (χ0v) is 13.8. The van der Waals surface area contributed by atoms with Gasteiger partial charge in [-0.05, 0) is 48.8 Å². The Bertz CT molecular complexity index is 468. The van der Waals surface area contributed by atoms with Gasteiger partial charge in [0.2, 0.25) is 0 Å². The van der Waals surface area contributed by atoms with Crippen LogP contribution in [0.1, 0.15) is 20.8 Å². The molecule has 0 saturated heterocycles. The summed E-state index contributed by atoms with van der Waals surface area (Å²) in [6, 6.07) is 2.68. The van der Waals surface area contributed by atoms with E-state index < -0.39 is 17.5 Å².